The van der Waals surface area contributed by atoms with Gasteiger partial charge in [0.1, 0.15) is 0 Å². The number of hydrogen-bond donors (Lipinski definition) is 1. The van der Waals surface area contributed by atoms with Gasteiger partial charge in [0.25, 0.3) is 0 Å². The SMILES string of the molecule is CCC1CCC(C2CC(c3ccccc3)CCC2O)CC1. The van der Waals surface area contributed by atoms with Gasteiger partial charge in [0.2, 0.25) is 0 Å². The van der Waals surface area contributed by atoms with Crippen molar-refractivity contribution in [2.45, 2.75) is 70.3 Å². The third-order valence-electron chi connectivity index (χ3n) is 6.21. The lowest BCUT2D eigenvalue weighted by atomic mass is 9.66. The molecule has 1 aromatic carbocycles. The summed E-state index contributed by atoms with van der Waals surface area (Å²) in [5.41, 5.74) is 1.48. The van der Waals surface area contributed by atoms with Crippen molar-refractivity contribution in [3.8, 4) is 0 Å². The maximum absolute atomic E-state index is 10.5. The lowest BCUT2D eigenvalue weighted by Crippen LogP contribution is -2.35. The number of rotatable bonds is 3. The van der Waals surface area contributed by atoms with Crippen LogP contribution in [0.3, 0.4) is 0 Å². The fraction of sp³-hybridized carbons (Fsp3) is 0.700. The predicted molar refractivity (Wildman–Crippen MR) is 88.3 cm³/mol. The molecule has 2 aliphatic carbocycles. The van der Waals surface area contributed by atoms with Crippen LogP contribution in [0.2, 0.25) is 0 Å². The Kier molecular flexibility index (Phi) is 5.00. The molecule has 2 aliphatic rings. The largest absolute Gasteiger partial charge is 0.393 e. The Morgan fingerprint density at radius 1 is 0.952 bits per heavy atom. The van der Waals surface area contributed by atoms with Gasteiger partial charge in [-0.05, 0) is 61.3 Å². The topological polar surface area (TPSA) is 20.2 Å². The summed E-state index contributed by atoms with van der Waals surface area (Å²) in [6.45, 7) is 2.33. The average Bonchev–Trinajstić information content (AvgIpc) is 2.56. The van der Waals surface area contributed by atoms with E-state index in [0.29, 0.717) is 11.8 Å². The molecule has 0 amide bonds. The van der Waals surface area contributed by atoms with Gasteiger partial charge in [-0.1, -0.05) is 56.5 Å². The number of hydrogen-bond acceptors (Lipinski definition) is 1. The zero-order valence-electron chi connectivity index (χ0n) is 13.4. The highest BCUT2D eigenvalue weighted by atomic mass is 16.3. The van der Waals surface area contributed by atoms with Gasteiger partial charge in [0, 0.05) is 0 Å². The first-order chi connectivity index (χ1) is 10.3. The van der Waals surface area contributed by atoms with E-state index in [4.69, 9.17) is 0 Å². The number of benzene rings is 1. The zero-order chi connectivity index (χ0) is 14.7. The Balaban J connectivity index is 1.64. The highest BCUT2D eigenvalue weighted by molar-refractivity contribution is 5.20. The molecule has 0 heterocycles. The molecule has 3 unspecified atom stereocenters. The highest BCUT2D eigenvalue weighted by Gasteiger charge is 2.36. The van der Waals surface area contributed by atoms with Crippen LogP contribution in [0.15, 0.2) is 30.3 Å². The Morgan fingerprint density at radius 2 is 1.67 bits per heavy atom. The molecule has 1 nitrogen and oxygen atoms in total. The van der Waals surface area contributed by atoms with Gasteiger partial charge in [-0.15, -0.1) is 0 Å². The predicted octanol–water partition coefficient (Wildman–Crippen LogP) is 5.15. The molecule has 21 heavy (non-hydrogen) atoms. The summed E-state index contributed by atoms with van der Waals surface area (Å²) in [6.07, 6.45) is 10.1. The minimum Gasteiger partial charge on any atom is -0.393 e. The van der Waals surface area contributed by atoms with Gasteiger partial charge in [0.05, 0.1) is 6.10 Å². The molecule has 0 aliphatic heterocycles. The van der Waals surface area contributed by atoms with Crippen molar-refractivity contribution < 1.29 is 5.11 Å². The van der Waals surface area contributed by atoms with E-state index in [9.17, 15) is 5.11 Å². The summed E-state index contributed by atoms with van der Waals surface area (Å²) >= 11 is 0. The van der Waals surface area contributed by atoms with Gasteiger partial charge in [0.15, 0.2) is 0 Å². The van der Waals surface area contributed by atoms with Crippen LogP contribution in [-0.4, -0.2) is 11.2 Å². The lowest BCUT2D eigenvalue weighted by molar-refractivity contribution is 0.0137. The quantitative estimate of drug-likeness (QED) is 0.815. The minimum absolute atomic E-state index is 0.0480. The fourth-order valence-electron chi connectivity index (χ4n) is 4.75. The van der Waals surface area contributed by atoms with Crippen molar-refractivity contribution in [1.29, 1.82) is 0 Å². The molecule has 3 rings (SSSR count). The van der Waals surface area contributed by atoms with Gasteiger partial charge in [-0.25, -0.2) is 0 Å². The summed E-state index contributed by atoms with van der Waals surface area (Å²) < 4.78 is 0. The van der Waals surface area contributed by atoms with Crippen molar-refractivity contribution in [2.24, 2.45) is 17.8 Å². The van der Waals surface area contributed by atoms with Crippen LogP contribution in [0.4, 0.5) is 0 Å². The van der Waals surface area contributed by atoms with E-state index >= 15 is 0 Å². The summed E-state index contributed by atoms with van der Waals surface area (Å²) in [6, 6.07) is 11.0. The number of aliphatic hydroxyl groups excluding tert-OH is 1. The maximum Gasteiger partial charge on any atom is 0.0571 e. The maximum atomic E-state index is 10.5. The lowest BCUT2D eigenvalue weighted by Gasteiger charge is -2.41. The molecule has 2 fully saturated rings. The van der Waals surface area contributed by atoms with Crippen molar-refractivity contribution in [3.05, 3.63) is 35.9 Å². The first kappa shape index (κ1) is 15.1. The smallest absolute Gasteiger partial charge is 0.0571 e. The standard InChI is InChI=1S/C20H30O/c1-2-15-8-10-17(11-9-15)19-14-18(12-13-20(19)21)16-6-4-3-5-7-16/h3-7,15,17-21H,2,8-14H2,1H3. The van der Waals surface area contributed by atoms with E-state index in [1.54, 1.807) is 0 Å². The van der Waals surface area contributed by atoms with E-state index in [0.717, 1.165) is 24.7 Å². The second-order valence-electron chi connectivity index (χ2n) is 7.34. The van der Waals surface area contributed by atoms with Crippen LogP contribution >= 0.6 is 0 Å². The van der Waals surface area contributed by atoms with Crippen molar-refractivity contribution >= 4 is 0 Å². The monoisotopic (exact) mass is 286 g/mol. The van der Waals surface area contributed by atoms with Gasteiger partial charge >= 0.3 is 0 Å². The minimum atomic E-state index is -0.0480. The van der Waals surface area contributed by atoms with Crippen molar-refractivity contribution in [1.82, 2.24) is 0 Å². The van der Waals surface area contributed by atoms with Gasteiger partial charge in [-0.3, -0.25) is 0 Å². The molecule has 0 saturated heterocycles. The summed E-state index contributed by atoms with van der Waals surface area (Å²) in [5, 5.41) is 10.5. The molecule has 1 heteroatoms. The van der Waals surface area contributed by atoms with Gasteiger partial charge in [-0.2, -0.15) is 0 Å². The van der Waals surface area contributed by atoms with Crippen LogP contribution in [0.25, 0.3) is 0 Å². The molecule has 1 aromatic rings. The van der Waals surface area contributed by atoms with E-state index < -0.39 is 0 Å². The fourth-order valence-corrected chi connectivity index (χ4v) is 4.75. The first-order valence-electron chi connectivity index (χ1n) is 9.01. The normalized spacial score (nSPS) is 37.3. The van der Waals surface area contributed by atoms with Crippen LogP contribution < -0.4 is 0 Å². The van der Waals surface area contributed by atoms with Crippen LogP contribution in [0.1, 0.15) is 69.8 Å². The second-order valence-corrected chi connectivity index (χ2v) is 7.34. The van der Waals surface area contributed by atoms with Crippen LogP contribution in [0.5, 0.6) is 0 Å². The molecule has 0 spiro atoms. The Morgan fingerprint density at radius 3 is 2.33 bits per heavy atom. The summed E-state index contributed by atoms with van der Waals surface area (Å²) in [4.78, 5) is 0. The summed E-state index contributed by atoms with van der Waals surface area (Å²) in [5.74, 6) is 2.94. The molecular weight excluding hydrogens is 256 g/mol. The van der Waals surface area contributed by atoms with Crippen molar-refractivity contribution in [2.75, 3.05) is 0 Å². The Labute approximate surface area is 129 Å². The molecule has 2 saturated carbocycles. The molecule has 116 valence electrons. The van der Waals surface area contributed by atoms with E-state index in [1.165, 1.54) is 44.1 Å². The Bertz CT molecular complexity index is 419. The van der Waals surface area contributed by atoms with E-state index in [2.05, 4.69) is 37.3 Å². The third kappa shape index (κ3) is 3.51. The third-order valence-corrected chi connectivity index (χ3v) is 6.21. The first-order valence-corrected chi connectivity index (χ1v) is 9.01. The molecule has 0 aromatic heterocycles. The molecular formula is C20H30O. The Hall–Kier alpha value is -0.820. The van der Waals surface area contributed by atoms with Crippen LogP contribution in [-0.2, 0) is 0 Å². The average molecular weight is 286 g/mol. The molecule has 0 radical (unpaired) electrons. The molecule has 1 N–H and O–H groups in total. The van der Waals surface area contributed by atoms with Crippen LogP contribution in [0, 0.1) is 17.8 Å². The molecule has 0 bridgehead atoms. The van der Waals surface area contributed by atoms with Gasteiger partial charge < -0.3 is 5.11 Å². The molecule has 3 atom stereocenters. The number of aliphatic hydroxyl groups is 1. The van der Waals surface area contributed by atoms with Crippen molar-refractivity contribution in [3.63, 3.8) is 0 Å². The van der Waals surface area contributed by atoms with E-state index in [-0.39, 0.29) is 6.10 Å². The summed E-state index contributed by atoms with van der Waals surface area (Å²) in [7, 11) is 0. The van der Waals surface area contributed by atoms with E-state index in [1.807, 2.05) is 0 Å². The second kappa shape index (κ2) is 6.96. The highest BCUT2D eigenvalue weighted by Crippen LogP contribution is 2.44. The zero-order valence-corrected chi connectivity index (χ0v) is 13.4.